The number of nitrogens with zero attached hydrogens (tertiary/aromatic N) is 2. The molecule has 0 aliphatic carbocycles. The van der Waals surface area contributed by atoms with Crippen molar-refractivity contribution in [3.8, 4) is 5.75 Å². The number of benzene rings is 3. The zero-order valence-electron chi connectivity index (χ0n) is 21.8. The number of para-hydroxylation sites is 2. The highest BCUT2D eigenvalue weighted by atomic mass is 16.5. The first kappa shape index (κ1) is 25.5. The van der Waals surface area contributed by atoms with Gasteiger partial charge >= 0.3 is 0 Å². The number of nitrogens with one attached hydrogen (secondary N) is 1. The Bertz CT molecular complexity index is 1210. The first-order valence-electron chi connectivity index (χ1n) is 13.4. The summed E-state index contributed by atoms with van der Waals surface area (Å²) in [6.07, 6.45) is -0.335. The third-order valence-corrected chi connectivity index (χ3v) is 7.66. The molecule has 1 fully saturated rings. The summed E-state index contributed by atoms with van der Waals surface area (Å²) in [6, 6.07) is 23.9. The number of hydrogen-bond acceptors (Lipinski definition) is 6. The van der Waals surface area contributed by atoms with Gasteiger partial charge in [-0.05, 0) is 49.7 Å². The average Bonchev–Trinajstić information content (AvgIpc) is 2.94. The van der Waals surface area contributed by atoms with Crippen LogP contribution in [0, 0.1) is 12.8 Å². The van der Waals surface area contributed by atoms with Gasteiger partial charge in [0.25, 0.3) is 0 Å². The molecule has 0 aromatic heterocycles. The summed E-state index contributed by atoms with van der Waals surface area (Å²) >= 11 is 0. The Balaban J connectivity index is 1.15. The molecule has 194 valence electrons. The number of Topliss-reactive ketones (excluding diaryl/α,β-unsaturated/α-hetero) is 1. The van der Waals surface area contributed by atoms with Crippen molar-refractivity contribution in [3.05, 3.63) is 95.1 Å². The second-order valence-electron chi connectivity index (χ2n) is 10.2. The predicted molar refractivity (Wildman–Crippen MR) is 147 cm³/mol. The Hall–Kier alpha value is -3.19. The summed E-state index contributed by atoms with van der Waals surface area (Å²) in [6.45, 7) is 9.88. The molecule has 3 atom stereocenters. The number of anilines is 1. The van der Waals surface area contributed by atoms with Crippen LogP contribution in [0.1, 0.15) is 52.7 Å². The monoisotopic (exact) mass is 499 g/mol. The van der Waals surface area contributed by atoms with Crippen LogP contribution in [0.3, 0.4) is 0 Å². The lowest BCUT2D eigenvalue weighted by Crippen LogP contribution is -2.47. The van der Waals surface area contributed by atoms with Gasteiger partial charge in [-0.25, -0.2) is 0 Å². The minimum Gasteiger partial charge on any atom is -0.484 e. The van der Waals surface area contributed by atoms with Crippen molar-refractivity contribution in [3.63, 3.8) is 0 Å². The number of ketones is 1. The maximum atomic E-state index is 13.2. The summed E-state index contributed by atoms with van der Waals surface area (Å²) in [7, 11) is 0. The molecule has 3 aromatic rings. The summed E-state index contributed by atoms with van der Waals surface area (Å²) < 4.78 is 6.38. The summed E-state index contributed by atoms with van der Waals surface area (Å²) in [4.78, 5) is 18.1. The number of piperazine rings is 1. The predicted octanol–water partition coefficient (Wildman–Crippen LogP) is 4.74. The molecule has 6 nitrogen and oxygen atoms in total. The van der Waals surface area contributed by atoms with E-state index in [0.717, 1.165) is 44.7 Å². The van der Waals surface area contributed by atoms with Crippen LogP contribution in [0.2, 0.25) is 0 Å². The van der Waals surface area contributed by atoms with Crippen molar-refractivity contribution in [1.82, 2.24) is 10.2 Å². The van der Waals surface area contributed by atoms with E-state index in [4.69, 9.17) is 4.74 Å². The standard InChI is InChI=1S/C31H37N3O3/c1-22-10-6-7-15-27(22)34-20-18-33(19-21-34)17-9-16-32-31(36)26-14-8-13-25-28(35)23(2)29(37-30(25)26)24-11-4-3-5-12-24/h3-8,10-15,23,29,31-32,36H,9,16-21H2,1-2H3. The normalized spacial score (nSPS) is 20.8. The van der Waals surface area contributed by atoms with Gasteiger partial charge in [0.05, 0.1) is 11.5 Å². The van der Waals surface area contributed by atoms with Crippen LogP contribution in [-0.4, -0.2) is 55.1 Å². The number of aryl methyl sites for hydroxylation is 1. The van der Waals surface area contributed by atoms with Gasteiger partial charge < -0.3 is 14.7 Å². The van der Waals surface area contributed by atoms with Gasteiger partial charge in [0.2, 0.25) is 0 Å². The zero-order valence-corrected chi connectivity index (χ0v) is 21.8. The molecule has 37 heavy (non-hydrogen) atoms. The van der Waals surface area contributed by atoms with Crippen LogP contribution in [0.15, 0.2) is 72.8 Å². The number of carbonyl (C=O) groups is 1. The highest BCUT2D eigenvalue weighted by molar-refractivity contribution is 6.02. The maximum absolute atomic E-state index is 13.2. The van der Waals surface area contributed by atoms with Gasteiger partial charge in [0.1, 0.15) is 18.1 Å². The Labute approximate surface area is 219 Å². The van der Waals surface area contributed by atoms with Crippen molar-refractivity contribution in [2.45, 2.75) is 32.6 Å². The van der Waals surface area contributed by atoms with Crippen LogP contribution in [-0.2, 0) is 0 Å². The van der Waals surface area contributed by atoms with E-state index in [1.165, 1.54) is 11.3 Å². The lowest BCUT2D eigenvalue weighted by molar-refractivity contribution is 0.0661. The van der Waals surface area contributed by atoms with E-state index in [9.17, 15) is 9.90 Å². The van der Waals surface area contributed by atoms with Gasteiger partial charge in [0, 0.05) is 37.4 Å². The zero-order chi connectivity index (χ0) is 25.8. The number of rotatable bonds is 8. The molecule has 6 heteroatoms. The Morgan fingerprint density at radius 1 is 0.973 bits per heavy atom. The molecule has 2 heterocycles. The molecule has 3 aromatic carbocycles. The van der Waals surface area contributed by atoms with Crippen LogP contribution < -0.4 is 15.0 Å². The number of aliphatic hydroxyl groups excluding tert-OH is 1. The topological polar surface area (TPSA) is 65.0 Å². The first-order valence-corrected chi connectivity index (χ1v) is 13.4. The summed E-state index contributed by atoms with van der Waals surface area (Å²) in [5.74, 6) is 0.252. The van der Waals surface area contributed by atoms with E-state index in [2.05, 4.69) is 46.3 Å². The quantitative estimate of drug-likeness (QED) is 0.345. The molecule has 3 unspecified atom stereocenters. The highest BCUT2D eigenvalue weighted by Gasteiger charge is 2.37. The van der Waals surface area contributed by atoms with Crippen molar-refractivity contribution >= 4 is 11.5 Å². The van der Waals surface area contributed by atoms with Gasteiger partial charge in [-0.3, -0.25) is 15.0 Å². The molecular formula is C31H37N3O3. The van der Waals surface area contributed by atoms with E-state index in [-0.39, 0.29) is 17.8 Å². The lowest BCUT2D eigenvalue weighted by atomic mass is 9.86. The van der Waals surface area contributed by atoms with Crippen molar-refractivity contribution in [1.29, 1.82) is 0 Å². The SMILES string of the molecule is Cc1ccccc1N1CCN(CCCNC(O)c2cccc3c2OC(c2ccccc2)C(C)C3=O)CC1. The third kappa shape index (κ3) is 5.57. The van der Waals surface area contributed by atoms with Crippen molar-refractivity contribution in [2.24, 2.45) is 5.92 Å². The highest BCUT2D eigenvalue weighted by Crippen LogP contribution is 2.41. The molecule has 0 spiro atoms. The molecule has 0 amide bonds. The smallest absolute Gasteiger partial charge is 0.173 e. The fourth-order valence-electron chi connectivity index (χ4n) is 5.49. The molecule has 2 aliphatic rings. The number of hydrogen-bond donors (Lipinski definition) is 2. The molecule has 0 saturated carbocycles. The molecule has 0 bridgehead atoms. The molecule has 0 radical (unpaired) electrons. The Morgan fingerprint density at radius 3 is 2.46 bits per heavy atom. The second kappa shape index (κ2) is 11.5. The average molecular weight is 500 g/mol. The van der Waals surface area contributed by atoms with Crippen molar-refractivity contribution in [2.75, 3.05) is 44.2 Å². The third-order valence-electron chi connectivity index (χ3n) is 7.66. The number of aliphatic hydroxyl groups is 1. The first-order chi connectivity index (χ1) is 18.0. The molecule has 2 aliphatic heterocycles. The van der Waals surface area contributed by atoms with Gasteiger partial charge in [-0.2, -0.15) is 0 Å². The Morgan fingerprint density at radius 2 is 1.70 bits per heavy atom. The number of fused-ring (bicyclic) bond motifs is 1. The van der Waals surface area contributed by atoms with E-state index in [1.807, 2.05) is 49.4 Å². The van der Waals surface area contributed by atoms with E-state index in [1.54, 1.807) is 6.07 Å². The summed E-state index contributed by atoms with van der Waals surface area (Å²) in [5.41, 5.74) is 4.79. The number of carbonyl (C=O) groups excluding carboxylic acids is 1. The van der Waals surface area contributed by atoms with E-state index in [0.29, 0.717) is 23.4 Å². The number of ether oxygens (including phenoxy) is 1. The largest absolute Gasteiger partial charge is 0.484 e. The fourth-order valence-corrected chi connectivity index (χ4v) is 5.49. The molecule has 5 rings (SSSR count). The summed E-state index contributed by atoms with van der Waals surface area (Å²) in [5, 5.41) is 14.2. The van der Waals surface area contributed by atoms with E-state index < -0.39 is 6.23 Å². The van der Waals surface area contributed by atoms with Crippen LogP contribution in [0.5, 0.6) is 5.75 Å². The van der Waals surface area contributed by atoms with Gasteiger partial charge in [-0.15, -0.1) is 0 Å². The molecule has 2 N–H and O–H groups in total. The van der Waals surface area contributed by atoms with Crippen LogP contribution in [0.25, 0.3) is 0 Å². The minimum absolute atomic E-state index is 0.0500. The lowest BCUT2D eigenvalue weighted by Gasteiger charge is -2.37. The van der Waals surface area contributed by atoms with Crippen LogP contribution in [0.4, 0.5) is 5.69 Å². The second-order valence-corrected chi connectivity index (χ2v) is 10.2. The molecular weight excluding hydrogens is 462 g/mol. The van der Waals surface area contributed by atoms with Crippen LogP contribution >= 0.6 is 0 Å². The minimum atomic E-state index is -0.898. The van der Waals surface area contributed by atoms with Gasteiger partial charge in [0.15, 0.2) is 5.78 Å². The van der Waals surface area contributed by atoms with Crippen molar-refractivity contribution < 1.29 is 14.6 Å². The maximum Gasteiger partial charge on any atom is 0.173 e. The Kier molecular flexibility index (Phi) is 7.89. The fraction of sp³-hybridized carbons (Fsp3) is 0.387. The van der Waals surface area contributed by atoms with E-state index >= 15 is 0 Å². The van der Waals surface area contributed by atoms with Gasteiger partial charge in [-0.1, -0.05) is 67.6 Å². The molecule has 1 saturated heterocycles.